The molecule has 0 aliphatic heterocycles. The molecule has 3 aromatic rings. The van der Waals surface area contributed by atoms with Crippen LogP contribution >= 0.6 is 24.0 Å². The van der Waals surface area contributed by atoms with E-state index in [2.05, 4.69) is 30.8 Å². The zero-order chi connectivity index (χ0) is 21.0. The molecule has 0 bridgehead atoms. The van der Waals surface area contributed by atoms with Gasteiger partial charge in [0.25, 0.3) is 0 Å². The first-order valence-electron chi connectivity index (χ1n) is 9.88. The highest BCUT2D eigenvalue weighted by Crippen LogP contribution is 2.47. The van der Waals surface area contributed by atoms with E-state index in [0.717, 1.165) is 29.7 Å². The van der Waals surface area contributed by atoms with Gasteiger partial charge in [0.15, 0.2) is 11.8 Å². The van der Waals surface area contributed by atoms with Crippen molar-refractivity contribution in [3.8, 4) is 17.1 Å². The van der Waals surface area contributed by atoms with Gasteiger partial charge in [0.05, 0.1) is 13.7 Å². The predicted molar refractivity (Wildman–Crippen MR) is 129 cm³/mol. The van der Waals surface area contributed by atoms with Crippen LogP contribution in [-0.2, 0) is 12.0 Å². The second-order valence-corrected chi connectivity index (χ2v) is 7.40. The van der Waals surface area contributed by atoms with E-state index in [9.17, 15) is 4.39 Å². The van der Waals surface area contributed by atoms with Crippen molar-refractivity contribution in [3.63, 3.8) is 0 Å². The quantitative estimate of drug-likeness (QED) is 0.244. The molecule has 7 nitrogen and oxygen atoms in total. The van der Waals surface area contributed by atoms with Crippen molar-refractivity contribution >= 4 is 29.9 Å². The fourth-order valence-electron chi connectivity index (χ4n) is 3.42. The zero-order valence-electron chi connectivity index (χ0n) is 17.5. The van der Waals surface area contributed by atoms with Gasteiger partial charge in [0.2, 0.25) is 0 Å². The largest absolute Gasteiger partial charge is 0.497 e. The molecule has 1 aliphatic rings. The summed E-state index contributed by atoms with van der Waals surface area (Å²) in [5, 5.41) is 13.8. The molecule has 0 radical (unpaired) electrons. The third-order valence-electron chi connectivity index (χ3n) is 5.41. The Morgan fingerprint density at radius 2 is 1.97 bits per heavy atom. The molecule has 1 saturated carbocycles. The number of methoxy groups -OCH3 is 1. The van der Waals surface area contributed by atoms with Crippen molar-refractivity contribution in [1.29, 1.82) is 0 Å². The number of aromatic nitrogens is 3. The minimum absolute atomic E-state index is 0. The van der Waals surface area contributed by atoms with Crippen LogP contribution in [0.2, 0.25) is 0 Å². The van der Waals surface area contributed by atoms with Gasteiger partial charge in [-0.2, -0.15) is 5.10 Å². The highest BCUT2D eigenvalue weighted by atomic mass is 127. The maximum Gasteiger partial charge on any atom is 0.191 e. The third-order valence-corrected chi connectivity index (χ3v) is 5.41. The van der Waals surface area contributed by atoms with E-state index in [1.54, 1.807) is 26.3 Å². The Kier molecular flexibility index (Phi) is 7.47. The Balaban J connectivity index is 0.00000272. The van der Waals surface area contributed by atoms with Crippen LogP contribution in [-0.4, -0.2) is 41.8 Å². The summed E-state index contributed by atoms with van der Waals surface area (Å²) in [7, 11) is 3.36. The number of H-pyrrole nitrogens is 1. The molecular weight excluding hydrogens is 510 g/mol. The maximum absolute atomic E-state index is 13.6. The van der Waals surface area contributed by atoms with E-state index in [0.29, 0.717) is 30.7 Å². The SMILES string of the molecule is CN=C(NCc1nc(-c2ccc(OC)cc2)n[nH]1)NCC1(c2cccc(F)c2)CC1.I. The van der Waals surface area contributed by atoms with E-state index in [4.69, 9.17) is 4.74 Å². The molecular formula is C22H26FIN6O. The van der Waals surface area contributed by atoms with Gasteiger partial charge in [-0.1, -0.05) is 12.1 Å². The van der Waals surface area contributed by atoms with Crippen molar-refractivity contribution in [3.05, 3.63) is 65.7 Å². The van der Waals surface area contributed by atoms with Crippen LogP contribution in [0.25, 0.3) is 11.4 Å². The van der Waals surface area contributed by atoms with Crippen LogP contribution in [0.4, 0.5) is 4.39 Å². The molecule has 0 amide bonds. The van der Waals surface area contributed by atoms with Crippen molar-refractivity contribution in [2.75, 3.05) is 20.7 Å². The summed E-state index contributed by atoms with van der Waals surface area (Å²) in [5.41, 5.74) is 1.92. The highest BCUT2D eigenvalue weighted by molar-refractivity contribution is 14.0. The summed E-state index contributed by atoms with van der Waals surface area (Å²) in [4.78, 5) is 8.80. The molecule has 0 unspecified atom stereocenters. The normalized spacial score (nSPS) is 14.5. The van der Waals surface area contributed by atoms with E-state index in [1.165, 1.54) is 6.07 Å². The smallest absolute Gasteiger partial charge is 0.191 e. The maximum atomic E-state index is 13.6. The lowest BCUT2D eigenvalue weighted by Gasteiger charge is -2.19. The van der Waals surface area contributed by atoms with Crippen LogP contribution < -0.4 is 15.4 Å². The first kappa shape index (κ1) is 23.0. The number of halogens is 2. The molecule has 31 heavy (non-hydrogen) atoms. The average molecular weight is 536 g/mol. The first-order chi connectivity index (χ1) is 14.6. The van der Waals surface area contributed by atoms with E-state index < -0.39 is 0 Å². The summed E-state index contributed by atoms with van der Waals surface area (Å²) >= 11 is 0. The van der Waals surface area contributed by atoms with Gasteiger partial charge < -0.3 is 15.4 Å². The number of rotatable bonds is 7. The molecule has 9 heteroatoms. The molecule has 2 aromatic carbocycles. The van der Waals surface area contributed by atoms with Crippen molar-refractivity contribution in [2.24, 2.45) is 4.99 Å². The minimum Gasteiger partial charge on any atom is -0.497 e. The van der Waals surface area contributed by atoms with Gasteiger partial charge in [0.1, 0.15) is 17.4 Å². The topological polar surface area (TPSA) is 87.2 Å². The van der Waals surface area contributed by atoms with Crippen LogP contribution in [0, 0.1) is 5.82 Å². The van der Waals surface area contributed by atoms with Gasteiger partial charge in [-0.25, -0.2) is 9.37 Å². The number of aromatic amines is 1. The summed E-state index contributed by atoms with van der Waals surface area (Å²) in [6, 6.07) is 14.4. The fourth-order valence-corrected chi connectivity index (χ4v) is 3.42. The van der Waals surface area contributed by atoms with Gasteiger partial charge >= 0.3 is 0 Å². The first-order valence-corrected chi connectivity index (χ1v) is 9.88. The summed E-state index contributed by atoms with van der Waals surface area (Å²) in [6.07, 6.45) is 2.07. The number of nitrogens with zero attached hydrogens (tertiary/aromatic N) is 3. The summed E-state index contributed by atoms with van der Waals surface area (Å²) in [6.45, 7) is 1.15. The monoisotopic (exact) mass is 536 g/mol. The van der Waals surface area contributed by atoms with Crippen LogP contribution in [0.15, 0.2) is 53.5 Å². The van der Waals surface area contributed by atoms with Crippen LogP contribution in [0.1, 0.15) is 24.2 Å². The third kappa shape index (κ3) is 5.52. The van der Waals surface area contributed by atoms with Crippen molar-refractivity contribution < 1.29 is 9.13 Å². The Bertz CT molecular complexity index is 1030. The molecule has 1 aromatic heterocycles. The van der Waals surface area contributed by atoms with Crippen LogP contribution in [0.5, 0.6) is 5.75 Å². The number of ether oxygens (including phenoxy) is 1. The lowest BCUT2D eigenvalue weighted by molar-refractivity contribution is 0.415. The Hall–Kier alpha value is -2.69. The number of guanidine groups is 1. The summed E-state index contributed by atoms with van der Waals surface area (Å²) in [5.74, 6) is 2.59. The second-order valence-electron chi connectivity index (χ2n) is 7.40. The molecule has 0 atom stereocenters. The predicted octanol–water partition coefficient (Wildman–Crippen LogP) is 3.63. The van der Waals surface area contributed by atoms with E-state index >= 15 is 0 Å². The lowest BCUT2D eigenvalue weighted by Crippen LogP contribution is -2.41. The molecule has 4 rings (SSSR count). The number of hydrogen-bond acceptors (Lipinski definition) is 4. The van der Waals surface area contributed by atoms with Gasteiger partial charge in [0, 0.05) is 24.6 Å². The Labute approximate surface area is 197 Å². The van der Waals surface area contributed by atoms with Gasteiger partial charge in [-0.05, 0) is 54.8 Å². The van der Waals surface area contributed by atoms with Crippen molar-refractivity contribution in [1.82, 2.24) is 25.8 Å². The van der Waals surface area contributed by atoms with Gasteiger partial charge in [-0.3, -0.25) is 10.1 Å². The number of aliphatic imine (C=N–C) groups is 1. The zero-order valence-corrected chi connectivity index (χ0v) is 19.8. The van der Waals surface area contributed by atoms with E-state index in [1.807, 2.05) is 30.3 Å². The van der Waals surface area contributed by atoms with E-state index in [-0.39, 0.29) is 35.2 Å². The fraction of sp³-hybridized carbons (Fsp3) is 0.318. The molecule has 164 valence electrons. The van der Waals surface area contributed by atoms with Crippen molar-refractivity contribution in [2.45, 2.75) is 24.8 Å². The number of hydrogen-bond donors (Lipinski definition) is 3. The van der Waals surface area contributed by atoms with Crippen LogP contribution in [0.3, 0.4) is 0 Å². The molecule has 3 N–H and O–H groups in total. The molecule has 1 heterocycles. The number of nitrogens with one attached hydrogen (secondary N) is 3. The molecule has 0 saturated heterocycles. The summed E-state index contributed by atoms with van der Waals surface area (Å²) < 4.78 is 18.8. The average Bonchev–Trinajstić information content (AvgIpc) is 3.43. The second kappa shape index (κ2) is 10.1. The Morgan fingerprint density at radius 1 is 1.19 bits per heavy atom. The molecule has 0 spiro atoms. The molecule has 1 fully saturated rings. The highest BCUT2D eigenvalue weighted by Gasteiger charge is 2.44. The molecule has 1 aliphatic carbocycles. The number of benzene rings is 2. The Morgan fingerprint density at radius 3 is 2.61 bits per heavy atom. The lowest BCUT2D eigenvalue weighted by atomic mass is 9.96. The van der Waals surface area contributed by atoms with Gasteiger partial charge in [-0.15, -0.1) is 24.0 Å². The standard InChI is InChI=1S/C22H25FN6O.HI/c1-24-21(26-14-22(10-11-22)16-4-3-5-17(23)12-16)25-13-19-27-20(29-28-19)15-6-8-18(30-2)9-7-15;/h3-9,12H,10-11,13-14H2,1-2H3,(H2,24,25,26)(H,27,28,29);1H. The minimum atomic E-state index is -0.195.